The number of rotatable bonds is 8. The number of carbonyl (C=O) groups excluding carboxylic acids is 1. The van der Waals surface area contributed by atoms with Crippen molar-refractivity contribution in [2.75, 3.05) is 5.32 Å². The molecule has 0 unspecified atom stereocenters. The molecule has 0 aliphatic carbocycles. The molecule has 8 nitrogen and oxygen atoms in total. The summed E-state index contributed by atoms with van der Waals surface area (Å²) in [5.74, 6) is 1.01. The number of hydrogen-bond donors (Lipinski definition) is 1. The average Bonchev–Trinajstić information content (AvgIpc) is 3.35. The molecular weight excluding hydrogens is 394 g/mol. The second-order valence-corrected chi connectivity index (χ2v) is 6.80. The maximum Gasteiger partial charge on any atom is 0.265 e. The monoisotopic (exact) mass is 415 g/mol. The van der Waals surface area contributed by atoms with Gasteiger partial charge < -0.3 is 14.8 Å². The lowest BCUT2D eigenvalue weighted by atomic mass is 10.2. The largest absolute Gasteiger partial charge is 0.489 e. The summed E-state index contributed by atoms with van der Waals surface area (Å²) in [6.07, 6.45) is 0.792. The van der Waals surface area contributed by atoms with E-state index in [-0.39, 0.29) is 5.91 Å². The molecule has 4 rings (SSSR count). The Hall–Kier alpha value is -4.20. The smallest absolute Gasteiger partial charge is 0.265 e. The molecule has 1 amide bonds. The Morgan fingerprint density at radius 3 is 2.55 bits per heavy atom. The molecule has 31 heavy (non-hydrogen) atoms. The second-order valence-electron chi connectivity index (χ2n) is 6.80. The number of nitrogens with zero attached hydrogens (tertiary/aromatic N) is 4. The fourth-order valence-electron chi connectivity index (χ4n) is 2.86. The lowest BCUT2D eigenvalue weighted by molar-refractivity contribution is -0.122. The zero-order valence-corrected chi connectivity index (χ0v) is 16.9. The van der Waals surface area contributed by atoms with Gasteiger partial charge in [-0.2, -0.15) is 0 Å². The molecule has 1 atom stereocenters. The standard InChI is InChI=1S/C23H21N5O3/c1-17(31-22-9-5-8-20(14-22)28-16-24-26-27-28)23(29)25-19-10-12-21(13-11-19)30-15-18-6-3-2-4-7-18/h2-14,16-17H,15H2,1H3,(H,25,29)/t17-/m0/s1. The molecule has 0 saturated heterocycles. The fourth-order valence-corrected chi connectivity index (χ4v) is 2.86. The molecule has 0 saturated carbocycles. The van der Waals surface area contributed by atoms with Gasteiger partial charge in [0.05, 0.1) is 5.69 Å². The van der Waals surface area contributed by atoms with Gasteiger partial charge in [0.2, 0.25) is 0 Å². The van der Waals surface area contributed by atoms with E-state index in [2.05, 4.69) is 20.8 Å². The van der Waals surface area contributed by atoms with E-state index in [9.17, 15) is 4.79 Å². The van der Waals surface area contributed by atoms with Crippen LogP contribution in [0.1, 0.15) is 12.5 Å². The predicted octanol–water partition coefficient (Wildman–Crippen LogP) is 3.65. The highest BCUT2D eigenvalue weighted by Crippen LogP contribution is 2.19. The summed E-state index contributed by atoms with van der Waals surface area (Å²) in [5.41, 5.74) is 2.49. The normalized spacial score (nSPS) is 11.5. The number of tetrazole rings is 1. The highest BCUT2D eigenvalue weighted by molar-refractivity contribution is 5.94. The molecule has 3 aromatic carbocycles. The third kappa shape index (κ3) is 5.45. The van der Waals surface area contributed by atoms with Gasteiger partial charge in [0.25, 0.3) is 5.91 Å². The topological polar surface area (TPSA) is 91.2 Å². The molecule has 0 radical (unpaired) electrons. The molecule has 0 aliphatic heterocycles. The number of hydrogen-bond acceptors (Lipinski definition) is 6. The summed E-state index contributed by atoms with van der Waals surface area (Å²) in [7, 11) is 0. The van der Waals surface area contributed by atoms with Crippen molar-refractivity contribution < 1.29 is 14.3 Å². The van der Waals surface area contributed by atoms with Crippen LogP contribution < -0.4 is 14.8 Å². The van der Waals surface area contributed by atoms with E-state index < -0.39 is 6.10 Å². The number of aromatic nitrogens is 4. The van der Waals surface area contributed by atoms with E-state index >= 15 is 0 Å². The van der Waals surface area contributed by atoms with Gasteiger partial charge in [-0.25, -0.2) is 4.68 Å². The van der Waals surface area contributed by atoms with Crippen molar-refractivity contribution in [3.05, 3.63) is 90.8 Å². The van der Waals surface area contributed by atoms with Crippen LogP contribution in [-0.2, 0) is 11.4 Å². The first-order valence-electron chi connectivity index (χ1n) is 9.75. The maximum absolute atomic E-state index is 12.5. The first-order valence-corrected chi connectivity index (χ1v) is 9.75. The van der Waals surface area contributed by atoms with Gasteiger partial charge in [-0.15, -0.1) is 5.10 Å². The first kappa shape index (κ1) is 20.1. The maximum atomic E-state index is 12.5. The Morgan fingerprint density at radius 2 is 1.81 bits per heavy atom. The third-order valence-corrected chi connectivity index (χ3v) is 4.48. The van der Waals surface area contributed by atoms with Crippen LogP contribution in [0.5, 0.6) is 11.5 Å². The molecule has 8 heteroatoms. The molecule has 4 aromatic rings. The second kappa shape index (κ2) is 9.53. The summed E-state index contributed by atoms with van der Waals surface area (Å²) in [4.78, 5) is 12.5. The van der Waals surface area contributed by atoms with Crippen molar-refractivity contribution in [1.82, 2.24) is 20.2 Å². The zero-order chi connectivity index (χ0) is 21.5. The molecule has 1 aromatic heterocycles. The van der Waals surface area contributed by atoms with Crippen LogP contribution in [0, 0.1) is 0 Å². The molecule has 1 heterocycles. The predicted molar refractivity (Wildman–Crippen MR) is 115 cm³/mol. The summed E-state index contributed by atoms with van der Waals surface area (Å²) in [6, 6.07) is 24.4. The van der Waals surface area contributed by atoms with Crippen LogP contribution >= 0.6 is 0 Å². The average molecular weight is 415 g/mol. The van der Waals surface area contributed by atoms with E-state index in [1.165, 1.54) is 11.0 Å². The number of nitrogens with one attached hydrogen (secondary N) is 1. The van der Waals surface area contributed by atoms with Gasteiger partial charge in [-0.1, -0.05) is 36.4 Å². The van der Waals surface area contributed by atoms with E-state index in [4.69, 9.17) is 9.47 Å². The number of amides is 1. The van der Waals surface area contributed by atoms with Crippen molar-refractivity contribution in [2.24, 2.45) is 0 Å². The van der Waals surface area contributed by atoms with Crippen molar-refractivity contribution in [3.8, 4) is 17.2 Å². The van der Waals surface area contributed by atoms with Crippen molar-refractivity contribution in [3.63, 3.8) is 0 Å². The van der Waals surface area contributed by atoms with Crippen molar-refractivity contribution >= 4 is 11.6 Å². The lowest BCUT2D eigenvalue weighted by Crippen LogP contribution is -2.30. The number of benzene rings is 3. The third-order valence-electron chi connectivity index (χ3n) is 4.48. The Bertz CT molecular complexity index is 1120. The van der Waals surface area contributed by atoms with E-state index in [1.807, 2.05) is 54.6 Å². The minimum Gasteiger partial charge on any atom is -0.489 e. The van der Waals surface area contributed by atoms with E-state index in [1.54, 1.807) is 31.2 Å². The van der Waals surface area contributed by atoms with Gasteiger partial charge in [0.1, 0.15) is 24.4 Å². The first-order chi connectivity index (χ1) is 15.2. The van der Waals surface area contributed by atoms with Crippen LogP contribution in [0.25, 0.3) is 5.69 Å². The SMILES string of the molecule is C[C@H](Oc1cccc(-n2cnnn2)c1)C(=O)Nc1ccc(OCc2ccccc2)cc1. The molecule has 0 bridgehead atoms. The highest BCUT2D eigenvalue weighted by Gasteiger charge is 2.15. The van der Waals surface area contributed by atoms with Gasteiger partial charge in [-0.3, -0.25) is 4.79 Å². The Morgan fingerprint density at radius 1 is 1.00 bits per heavy atom. The lowest BCUT2D eigenvalue weighted by Gasteiger charge is -2.15. The Labute approximate surface area is 179 Å². The zero-order valence-electron chi connectivity index (χ0n) is 16.9. The Balaban J connectivity index is 1.31. The van der Waals surface area contributed by atoms with Crippen LogP contribution in [-0.4, -0.2) is 32.2 Å². The molecule has 0 spiro atoms. The number of anilines is 1. The number of ether oxygens (including phenoxy) is 2. The van der Waals surface area contributed by atoms with Crippen LogP contribution in [0.15, 0.2) is 85.2 Å². The van der Waals surface area contributed by atoms with Crippen LogP contribution in [0.3, 0.4) is 0 Å². The van der Waals surface area contributed by atoms with Crippen molar-refractivity contribution in [2.45, 2.75) is 19.6 Å². The van der Waals surface area contributed by atoms with Crippen LogP contribution in [0.2, 0.25) is 0 Å². The summed E-state index contributed by atoms with van der Waals surface area (Å²) in [6.45, 7) is 2.18. The highest BCUT2D eigenvalue weighted by atomic mass is 16.5. The fraction of sp³-hybridized carbons (Fsp3) is 0.130. The van der Waals surface area contributed by atoms with Gasteiger partial charge in [0, 0.05) is 11.8 Å². The van der Waals surface area contributed by atoms with Crippen LogP contribution in [0.4, 0.5) is 5.69 Å². The Kier molecular flexibility index (Phi) is 6.18. The molecule has 0 fully saturated rings. The molecule has 156 valence electrons. The quantitative estimate of drug-likeness (QED) is 0.472. The minimum atomic E-state index is -0.696. The van der Waals surface area contributed by atoms with Gasteiger partial charge in [0.15, 0.2) is 6.10 Å². The molecule has 0 aliphatic rings. The van der Waals surface area contributed by atoms with Gasteiger partial charge in [-0.05, 0) is 59.3 Å². The van der Waals surface area contributed by atoms with E-state index in [0.29, 0.717) is 18.0 Å². The van der Waals surface area contributed by atoms with Gasteiger partial charge >= 0.3 is 0 Å². The minimum absolute atomic E-state index is 0.259. The van der Waals surface area contributed by atoms with Crippen molar-refractivity contribution in [1.29, 1.82) is 0 Å². The molecule has 1 N–H and O–H groups in total. The molecular formula is C23H21N5O3. The van der Waals surface area contributed by atoms with E-state index in [0.717, 1.165) is 17.0 Å². The summed E-state index contributed by atoms with van der Waals surface area (Å²) in [5, 5.41) is 13.9. The summed E-state index contributed by atoms with van der Waals surface area (Å²) >= 11 is 0. The summed E-state index contributed by atoms with van der Waals surface area (Å²) < 4.78 is 13.1. The number of carbonyl (C=O) groups is 1.